The van der Waals surface area contributed by atoms with E-state index in [0.29, 0.717) is 18.8 Å². The van der Waals surface area contributed by atoms with Crippen LogP contribution in [0.4, 0.5) is 21.9 Å². The van der Waals surface area contributed by atoms with Gasteiger partial charge in [-0.2, -0.15) is 4.31 Å². The first-order valence-electron chi connectivity index (χ1n) is 10.3. The Hall–Kier alpha value is -2.62. The summed E-state index contributed by atoms with van der Waals surface area (Å²) in [7, 11) is -1.55. The van der Waals surface area contributed by atoms with Crippen LogP contribution in [0.15, 0.2) is 54.6 Å². The van der Waals surface area contributed by atoms with Gasteiger partial charge in [0.25, 0.3) is 0 Å². The molecule has 3 rings (SSSR count). The molecule has 2 aromatic carbocycles. The van der Waals surface area contributed by atoms with E-state index in [4.69, 9.17) is 4.74 Å². The Morgan fingerprint density at radius 1 is 1.06 bits per heavy atom. The second-order valence-electron chi connectivity index (χ2n) is 7.68. The predicted molar refractivity (Wildman–Crippen MR) is 123 cm³/mol. The van der Waals surface area contributed by atoms with Gasteiger partial charge in [-0.15, -0.1) is 0 Å². The first kappa shape index (κ1) is 23.1. The van der Waals surface area contributed by atoms with Crippen molar-refractivity contribution in [1.82, 2.24) is 9.62 Å². The van der Waals surface area contributed by atoms with E-state index >= 15 is 0 Å². The second-order valence-corrected chi connectivity index (χ2v) is 9.77. The Bertz CT molecular complexity index is 974. The molecule has 2 unspecified atom stereocenters. The minimum absolute atomic E-state index is 0.0188. The van der Waals surface area contributed by atoms with Gasteiger partial charge in [0.05, 0.1) is 29.3 Å². The molecule has 8 nitrogen and oxygen atoms in total. The normalized spacial score (nSPS) is 19.6. The molecule has 1 saturated heterocycles. The number of nitrogens with zero attached hydrogens (tertiary/aromatic N) is 2. The third-order valence-corrected chi connectivity index (χ3v) is 6.89. The average molecular weight is 447 g/mol. The van der Waals surface area contributed by atoms with Gasteiger partial charge in [0.1, 0.15) is 0 Å². The van der Waals surface area contributed by atoms with Crippen LogP contribution in [-0.2, 0) is 14.8 Å². The Balaban J connectivity index is 1.57. The molecule has 0 spiro atoms. The Kier molecular flexibility index (Phi) is 7.53. The largest absolute Gasteiger partial charge is 0.373 e. The molecule has 9 heteroatoms. The van der Waals surface area contributed by atoms with E-state index in [-0.39, 0.29) is 24.5 Å². The Morgan fingerprint density at radius 2 is 1.68 bits per heavy atom. The van der Waals surface area contributed by atoms with Gasteiger partial charge in [0.2, 0.25) is 10.0 Å². The topological polar surface area (TPSA) is 91.0 Å². The van der Waals surface area contributed by atoms with Crippen LogP contribution in [0.5, 0.6) is 0 Å². The highest BCUT2D eigenvalue weighted by molar-refractivity contribution is 7.89. The number of ether oxygens (including phenoxy) is 1. The van der Waals surface area contributed by atoms with E-state index in [1.807, 2.05) is 80.4 Å². The standard InChI is InChI=1S/C22H30N4O4S/c1-17-15-26(16-18(2)30-17)31(28,29)14-13-23-22(27)24-20-11-7-8-12-21(20)25(3)19-9-5-4-6-10-19/h4-12,17-18H,13-16H2,1-3H3,(H2,23,24,27). The number of morpholine rings is 1. The smallest absolute Gasteiger partial charge is 0.319 e. The molecule has 1 aliphatic rings. The van der Waals surface area contributed by atoms with E-state index in [0.717, 1.165) is 11.4 Å². The van der Waals surface area contributed by atoms with E-state index in [1.165, 1.54) is 4.31 Å². The van der Waals surface area contributed by atoms with Gasteiger partial charge in [0, 0.05) is 32.4 Å². The van der Waals surface area contributed by atoms with Crippen LogP contribution < -0.4 is 15.5 Å². The molecule has 1 fully saturated rings. The summed E-state index contributed by atoms with van der Waals surface area (Å²) in [4.78, 5) is 14.4. The van der Waals surface area contributed by atoms with Crippen molar-refractivity contribution in [1.29, 1.82) is 0 Å². The van der Waals surface area contributed by atoms with Crippen LogP contribution in [0.2, 0.25) is 0 Å². The van der Waals surface area contributed by atoms with Crippen molar-refractivity contribution in [2.45, 2.75) is 26.1 Å². The highest BCUT2D eigenvalue weighted by atomic mass is 32.2. The molecule has 2 N–H and O–H groups in total. The fourth-order valence-corrected chi connectivity index (χ4v) is 5.10. The summed E-state index contributed by atoms with van der Waals surface area (Å²) >= 11 is 0. The van der Waals surface area contributed by atoms with Gasteiger partial charge in [-0.3, -0.25) is 0 Å². The molecular weight excluding hydrogens is 416 g/mol. The molecule has 2 amide bonds. The molecule has 0 radical (unpaired) electrons. The summed E-state index contributed by atoms with van der Waals surface area (Å²) in [6.07, 6.45) is -0.291. The Morgan fingerprint density at radius 3 is 2.35 bits per heavy atom. The summed E-state index contributed by atoms with van der Waals surface area (Å²) in [5.41, 5.74) is 2.44. The molecular formula is C22H30N4O4S. The minimum atomic E-state index is -3.47. The van der Waals surface area contributed by atoms with Crippen molar-refractivity contribution in [3.05, 3.63) is 54.6 Å². The predicted octanol–water partition coefficient (Wildman–Crippen LogP) is 3.02. The lowest BCUT2D eigenvalue weighted by molar-refractivity contribution is -0.0440. The number of hydrogen-bond donors (Lipinski definition) is 2. The van der Waals surface area contributed by atoms with Crippen molar-refractivity contribution in [3.63, 3.8) is 0 Å². The molecule has 31 heavy (non-hydrogen) atoms. The number of amides is 2. The Labute approximate surface area is 184 Å². The van der Waals surface area contributed by atoms with Gasteiger partial charge in [-0.1, -0.05) is 30.3 Å². The van der Waals surface area contributed by atoms with E-state index in [2.05, 4.69) is 10.6 Å². The third kappa shape index (κ3) is 6.19. The summed E-state index contributed by atoms with van der Waals surface area (Å²) in [5.74, 6) is -0.161. The lowest BCUT2D eigenvalue weighted by Gasteiger charge is -2.34. The molecule has 1 aliphatic heterocycles. The summed E-state index contributed by atoms with van der Waals surface area (Å²) in [6, 6.07) is 16.8. The van der Waals surface area contributed by atoms with E-state index < -0.39 is 16.1 Å². The number of carbonyl (C=O) groups excluding carboxylic acids is 1. The number of urea groups is 1. The van der Waals surface area contributed by atoms with Crippen molar-refractivity contribution in [3.8, 4) is 0 Å². The van der Waals surface area contributed by atoms with Crippen LogP contribution >= 0.6 is 0 Å². The second kappa shape index (κ2) is 10.1. The lowest BCUT2D eigenvalue weighted by atomic mass is 10.2. The van der Waals surface area contributed by atoms with Crippen LogP contribution in [0.25, 0.3) is 0 Å². The zero-order valence-electron chi connectivity index (χ0n) is 18.1. The molecule has 0 bridgehead atoms. The highest BCUT2D eigenvalue weighted by Gasteiger charge is 2.30. The van der Waals surface area contributed by atoms with E-state index in [1.54, 1.807) is 0 Å². The average Bonchev–Trinajstić information content (AvgIpc) is 2.73. The number of rotatable bonds is 7. The number of para-hydroxylation sites is 3. The summed E-state index contributed by atoms with van der Waals surface area (Å²) < 4.78 is 32.3. The molecule has 0 saturated carbocycles. The number of sulfonamides is 1. The lowest BCUT2D eigenvalue weighted by Crippen LogP contribution is -2.49. The van der Waals surface area contributed by atoms with Gasteiger partial charge < -0.3 is 20.3 Å². The van der Waals surface area contributed by atoms with Gasteiger partial charge in [0.15, 0.2) is 0 Å². The fraction of sp³-hybridized carbons (Fsp3) is 0.409. The highest BCUT2D eigenvalue weighted by Crippen LogP contribution is 2.30. The van der Waals surface area contributed by atoms with Gasteiger partial charge in [-0.25, -0.2) is 13.2 Å². The summed E-state index contributed by atoms with van der Waals surface area (Å²) in [5, 5.41) is 5.47. The first-order chi connectivity index (χ1) is 14.8. The molecule has 2 aromatic rings. The monoisotopic (exact) mass is 446 g/mol. The zero-order chi connectivity index (χ0) is 22.4. The maximum atomic E-state index is 12.6. The van der Waals surface area contributed by atoms with Crippen LogP contribution in [0.3, 0.4) is 0 Å². The molecule has 168 valence electrons. The quantitative estimate of drug-likeness (QED) is 0.682. The molecule has 0 aliphatic carbocycles. The third-order valence-electron chi connectivity index (χ3n) is 5.08. The minimum Gasteiger partial charge on any atom is -0.373 e. The van der Waals surface area contributed by atoms with Crippen molar-refractivity contribution >= 4 is 33.1 Å². The fourth-order valence-electron chi connectivity index (χ4n) is 3.61. The van der Waals surface area contributed by atoms with Crippen LogP contribution in [0.1, 0.15) is 13.8 Å². The SMILES string of the molecule is CC1CN(S(=O)(=O)CCNC(=O)Nc2ccccc2N(C)c2ccccc2)CC(C)O1. The van der Waals surface area contributed by atoms with Crippen molar-refractivity contribution in [2.75, 3.05) is 42.7 Å². The van der Waals surface area contributed by atoms with Crippen LogP contribution in [-0.4, -0.2) is 63.4 Å². The van der Waals surface area contributed by atoms with Crippen LogP contribution in [0, 0.1) is 0 Å². The molecule has 0 aromatic heterocycles. The summed E-state index contributed by atoms with van der Waals surface area (Å²) in [6.45, 7) is 4.39. The van der Waals surface area contributed by atoms with Crippen molar-refractivity contribution in [2.24, 2.45) is 0 Å². The van der Waals surface area contributed by atoms with E-state index in [9.17, 15) is 13.2 Å². The zero-order valence-corrected chi connectivity index (χ0v) is 18.9. The molecule has 2 atom stereocenters. The first-order valence-corrected chi connectivity index (χ1v) is 11.9. The van der Waals surface area contributed by atoms with Gasteiger partial charge in [-0.05, 0) is 38.1 Å². The number of anilines is 3. The maximum Gasteiger partial charge on any atom is 0.319 e. The number of hydrogen-bond acceptors (Lipinski definition) is 5. The maximum absolute atomic E-state index is 12.6. The van der Waals surface area contributed by atoms with Gasteiger partial charge >= 0.3 is 6.03 Å². The number of carbonyl (C=O) groups is 1. The number of benzene rings is 2. The number of nitrogens with one attached hydrogen (secondary N) is 2. The van der Waals surface area contributed by atoms with Crippen molar-refractivity contribution < 1.29 is 17.9 Å². The molecule has 1 heterocycles.